The van der Waals surface area contributed by atoms with E-state index in [0.29, 0.717) is 16.8 Å². The predicted octanol–water partition coefficient (Wildman–Crippen LogP) is 4.27. The van der Waals surface area contributed by atoms with Crippen LogP contribution >= 0.6 is 0 Å². The van der Waals surface area contributed by atoms with Gasteiger partial charge in [-0.05, 0) is 81.8 Å². The fraction of sp³-hybridized carbons (Fsp3) is 0.154. The van der Waals surface area contributed by atoms with Gasteiger partial charge in [0.15, 0.2) is 5.78 Å². The van der Waals surface area contributed by atoms with Gasteiger partial charge < -0.3 is 4.57 Å². The Morgan fingerprint density at radius 2 is 1.48 bits per heavy atom. The van der Waals surface area contributed by atoms with Crippen LogP contribution in [0.4, 0.5) is 10.5 Å². The zero-order valence-electron chi connectivity index (χ0n) is 18.8. The smallest absolute Gasteiger partial charge is 0.318 e. The molecule has 0 radical (unpaired) electrons. The number of aromatic nitrogens is 1. The largest absolute Gasteiger partial charge is 0.335 e. The van der Waals surface area contributed by atoms with Gasteiger partial charge in [0, 0.05) is 22.6 Å². The number of hydrogen-bond acceptors (Lipinski definition) is 4. The molecular formula is C26H23N3O4. The first kappa shape index (κ1) is 22.0. The number of carbonyl (C=O) groups is 4. The molecule has 1 aliphatic heterocycles. The number of rotatable bonds is 4. The van der Waals surface area contributed by atoms with Crippen molar-refractivity contribution < 1.29 is 19.2 Å². The molecule has 3 aromatic rings. The monoisotopic (exact) mass is 441 g/mol. The number of aryl methyl sites for hydroxylation is 2. The molecule has 7 heteroatoms. The van der Waals surface area contributed by atoms with E-state index in [1.807, 2.05) is 43.5 Å². The minimum Gasteiger partial charge on any atom is -0.318 e. The first-order valence-corrected chi connectivity index (χ1v) is 10.5. The number of nitrogens with zero attached hydrogens (tertiary/aromatic N) is 2. The third kappa shape index (κ3) is 4.01. The first-order chi connectivity index (χ1) is 15.7. The van der Waals surface area contributed by atoms with E-state index in [4.69, 9.17) is 0 Å². The van der Waals surface area contributed by atoms with Gasteiger partial charge >= 0.3 is 6.03 Å². The quantitative estimate of drug-likeness (QED) is 0.372. The van der Waals surface area contributed by atoms with Gasteiger partial charge in [-0.1, -0.05) is 17.7 Å². The van der Waals surface area contributed by atoms with Crippen LogP contribution in [0.3, 0.4) is 0 Å². The Labute approximate surface area is 191 Å². The van der Waals surface area contributed by atoms with Crippen LogP contribution in [0.5, 0.6) is 0 Å². The summed E-state index contributed by atoms with van der Waals surface area (Å²) < 4.78 is 1.98. The molecule has 7 nitrogen and oxygen atoms in total. The SMILES string of the molecule is CC(=O)c1ccc(-n2c(C)cc(C=C3C(=O)NC(=O)N(c4ccc(C)cc4)C3=O)c2C)cc1. The zero-order valence-corrected chi connectivity index (χ0v) is 18.8. The molecule has 2 heterocycles. The molecule has 0 unspecified atom stereocenters. The summed E-state index contributed by atoms with van der Waals surface area (Å²) in [6.07, 6.45) is 1.51. The Kier molecular flexibility index (Phi) is 5.55. The highest BCUT2D eigenvalue weighted by molar-refractivity contribution is 6.39. The summed E-state index contributed by atoms with van der Waals surface area (Å²) in [6, 6.07) is 15.2. The molecule has 0 atom stereocenters. The van der Waals surface area contributed by atoms with E-state index in [1.165, 1.54) is 13.0 Å². The highest BCUT2D eigenvalue weighted by Crippen LogP contribution is 2.26. The molecule has 4 amide bonds. The van der Waals surface area contributed by atoms with Crippen molar-refractivity contribution in [1.82, 2.24) is 9.88 Å². The normalized spacial score (nSPS) is 15.2. The molecule has 1 aromatic heterocycles. The van der Waals surface area contributed by atoms with Crippen molar-refractivity contribution in [1.29, 1.82) is 0 Å². The Morgan fingerprint density at radius 1 is 0.879 bits per heavy atom. The molecule has 4 rings (SSSR count). The van der Waals surface area contributed by atoms with Crippen molar-refractivity contribution in [3.8, 4) is 5.69 Å². The van der Waals surface area contributed by atoms with Crippen molar-refractivity contribution in [2.75, 3.05) is 4.90 Å². The Hall–Kier alpha value is -4.26. The average Bonchev–Trinajstić information content (AvgIpc) is 3.05. The second-order valence-electron chi connectivity index (χ2n) is 8.06. The van der Waals surface area contributed by atoms with Gasteiger partial charge in [0.1, 0.15) is 5.57 Å². The van der Waals surface area contributed by atoms with Crippen molar-refractivity contribution >= 4 is 35.4 Å². The number of amides is 4. The molecule has 0 spiro atoms. The predicted molar refractivity (Wildman–Crippen MR) is 125 cm³/mol. The molecule has 0 saturated carbocycles. The lowest BCUT2D eigenvalue weighted by Gasteiger charge is -2.26. The van der Waals surface area contributed by atoms with E-state index in [9.17, 15) is 19.2 Å². The number of nitrogens with one attached hydrogen (secondary N) is 1. The number of urea groups is 1. The Balaban J connectivity index is 1.73. The van der Waals surface area contributed by atoms with E-state index in [-0.39, 0.29) is 11.4 Å². The van der Waals surface area contributed by atoms with Gasteiger partial charge in [-0.15, -0.1) is 0 Å². The lowest BCUT2D eigenvalue weighted by molar-refractivity contribution is -0.122. The van der Waals surface area contributed by atoms with E-state index >= 15 is 0 Å². The van der Waals surface area contributed by atoms with Gasteiger partial charge in [0.25, 0.3) is 11.8 Å². The zero-order chi connectivity index (χ0) is 23.9. The van der Waals surface area contributed by atoms with Crippen molar-refractivity contribution in [3.05, 3.63) is 88.2 Å². The second-order valence-corrected chi connectivity index (χ2v) is 8.06. The highest BCUT2D eigenvalue weighted by atomic mass is 16.2. The van der Waals surface area contributed by atoms with Crippen molar-refractivity contribution in [2.24, 2.45) is 0 Å². The van der Waals surface area contributed by atoms with Gasteiger partial charge in [0.05, 0.1) is 5.69 Å². The van der Waals surface area contributed by atoms with Crippen LogP contribution in [0.2, 0.25) is 0 Å². The fourth-order valence-corrected chi connectivity index (χ4v) is 3.92. The maximum atomic E-state index is 13.1. The van der Waals surface area contributed by atoms with Crippen molar-refractivity contribution in [2.45, 2.75) is 27.7 Å². The molecule has 1 aliphatic rings. The number of anilines is 1. The van der Waals surface area contributed by atoms with Gasteiger partial charge in [-0.2, -0.15) is 0 Å². The van der Waals surface area contributed by atoms with E-state index in [1.54, 1.807) is 36.4 Å². The van der Waals surface area contributed by atoms with E-state index < -0.39 is 17.8 Å². The summed E-state index contributed by atoms with van der Waals surface area (Å²) in [4.78, 5) is 50.6. The highest BCUT2D eigenvalue weighted by Gasteiger charge is 2.37. The molecule has 166 valence electrons. The first-order valence-electron chi connectivity index (χ1n) is 10.5. The lowest BCUT2D eigenvalue weighted by atomic mass is 10.1. The summed E-state index contributed by atoms with van der Waals surface area (Å²) >= 11 is 0. The van der Waals surface area contributed by atoms with Crippen LogP contribution < -0.4 is 10.2 Å². The molecule has 1 fully saturated rings. The minimum atomic E-state index is -0.776. The second kappa shape index (κ2) is 8.35. The summed E-state index contributed by atoms with van der Waals surface area (Å²) in [5.41, 5.74) is 5.11. The summed E-state index contributed by atoms with van der Waals surface area (Å²) in [7, 11) is 0. The number of hydrogen-bond donors (Lipinski definition) is 1. The number of barbiturate groups is 1. The average molecular weight is 441 g/mol. The molecule has 2 aromatic carbocycles. The Bertz CT molecular complexity index is 1330. The van der Waals surface area contributed by atoms with Crippen LogP contribution in [0, 0.1) is 20.8 Å². The van der Waals surface area contributed by atoms with Crippen molar-refractivity contribution in [3.63, 3.8) is 0 Å². The number of imide groups is 2. The summed E-state index contributed by atoms with van der Waals surface area (Å²) in [5, 5.41) is 2.25. The topological polar surface area (TPSA) is 88.5 Å². The maximum Gasteiger partial charge on any atom is 0.335 e. The van der Waals surface area contributed by atoms with Gasteiger partial charge in [-0.25, -0.2) is 9.69 Å². The van der Waals surface area contributed by atoms with Gasteiger partial charge in [-0.3, -0.25) is 19.7 Å². The number of Topliss-reactive ketones (excluding diaryl/α,β-unsaturated/α-hetero) is 1. The van der Waals surface area contributed by atoms with Crippen LogP contribution in [0.25, 0.3) is 11.8 Å². The fourth-order valence-electron chi connectivity index (χ4n) is 3.92. The van der Waals surface area contributed by atoms with Crippen LogP contribution in [-0.4, -0.2) is 28.2 Å². The van der Waals surface area contributed by atoms with Crippen LogP contribution in [0.15, 0.2) is 60.2 Å². The number of ketones is 1. The summed E-state index contributed by atoms with van der Waals surface area (Å²) in [5.74, 6) is -1.42. The molecular weight excluding hydrogens is 418 g/mol. The minimum absolute atomic E-state index is 0.0116. The third-order valence-corrected chi connectivity index (χ3v) is 5.70. The molecule has 0 bridgehead atoms. The van der Waals surface area contributed by atoms with E-state index in [0.717, 1.165) is 27.5 Å². The Morgan fingerprint density at radius 3 is 2.09 bits per heavy atom. The maximum absolute atomic E-state index is 13.1. The molecule has 0 aliphatic carbocycles. The van der Waals surface area contributed by atoms with Crippen LogP contribution in [-0.2, 0) is 9.59 Å². The standard InChI is InChI=1S/C26H23N3O4/c1-15-5-9-22(10-6-15)29-25(32)23(24(31)27-26(29)33)14-20-13-16(2)28(17(20)3)21-11-7-19(8-12-21)18(4)30/h5-14H,1-4H3,(H,27,31,33). The summed E-state index contributed by atoms with van der Waals surface area (Å²) in [6.45, 7) is 7.22. The number of benzene rings is 2. The lowest BCUT2D eigenvalue weighted by Crippen LogP contribution is -2.54. The van der Waals surface area contributed by atoms with Gasteiger partial charge in [0.2, 0.25) is 0 Å². The third-order valence-electron chi connectivity index (χ3n) is 5.70. The molecule has 1 saturated heterocycles. The molecule has 33 heavy (non-hydrogen) atoms. The van der Waals surface area contributed by atoms with E-state index in [2.05, 4.69) is 5.32 Å². The van der Waals surface area contributed by atoms with Crippen LogP contribution in [0.1, 0.15) is 39.8 Å². The number of carbonyl (C=O) groups excluding carboxylic acids is 4. The molecule has 1 N–H and O–H groups in total.